The number of carboxylic acids is 1. The maximum absolute atomic E-state index is 13.0. The fraction of sp³-hybridized carbons (Fsp3) is 0.556. The van der Waals surface area contributed by atoms with Gasteiger partial charge in [-0.05, 0) is 0 Å². The summed E-state index contributed by atoms with van der Waals surface area (Å²) < 4.78 is 30.4. The summed E-state index contributed by atoms with van der Waals surface area (Å²) in [5, 5.41) is 8.69. The molecule has 0 unspecified atom stereocenters. The van der Waals surface area contributed by atoms with Crippen LogP contribution in [0.3, 0.4) is 0 Å². The summed E-state index contributed by atoms with van der Waals surface area (Å²) in [6, 6.07) is -1.53. The number of nitrogens with zero attached hydrogens (tertiary/aromatic N) is 1. The van der Waals surface area contributed by atoms with Crippen LogP contribution in [0.2, 0.25) is 0 Å². The fourth-order valence-corrected chi connectivity index (χ4v) is 1.44. The molecule has 0 saturated carbocycles. The average Bonchev–Trinajstić information content (AvgIpc) is 2.51. The Bertz CT molecular complexity index is 319. The van der Waals surface area contributed by atoms with Gasteiger partial charge in [0, 0.05) is 6.42 Å². The van der Waals surface area contributed by atoms with Gasteiger partial charge in [0.25, 0.3) is 5.92 Å². The molecule has 1 amide bonds. The standard InChI is InChI=1S/C9H11F2NO4/c1-2-3-16-8(15)12-5-9(10,11)4-6(12)7(13)14/h2,6H,1,3-5H2,(H,13,14)/t6-/m1/s1. The highest BCUT2D eigenvalue weighted by atomic mass is 19.3. The van der Waals surface area contributed by atoms with Crippen molar-refractivity contribution in [2.45, 2.75) is 18.4 Å². The first kappa shape index (κ1) is 12.4. The Hall–Kier alpha value is -1.66. The Kier molecular flexibility index (Phi) is 3.46. The molecule has 1 aliphatic rings. The predicted octanol–water partition coefficient (Wildman–Crippen LogP) is 1.10. The van der Waals surface area contributed by atoms with Crippen molar-refractivity contribution in [3.05, 3.63) is 12.7 Å². The average molecular weight is 235 g/mol. The molecule has 5 nitrogen and oxygen atoms in total. The van der Waals surface area contributed by atoms with Gasteiger partial charge < -0.3 is 9.84 Å². The molecule has 0 bridgehead atoms. The Morgan fingerprint density at radius 1 is 1.62 bits per heavy atom. The number of hydrogen-bond donors (Lipinski definition) is 1. The number of likely N-dealkylation sites (tertiary alicyclic amines) is 1. The summed E-state index contributed by atoms with van der Waals surface area (Å²) in [5.41, 5.74) is 0. The lowest BCUT2D eigenvalue weighted by molar-refractivity contribution is -0.142. The zero-order chi connectivity index (χ0) is 12.3. The zero-order valence-electron chi connectivity index (χ0n) is 8.36. The van der Waals surface area contributed by atoms with Crippen molar-refractivity contribution in [3.8, 4) is 0 Å². The van der Waals surface area contributed by atoms with Crippen molar-refractivity contribution in [3.63, 3.8) is 0 Å². The van der Waals surface area contributed by atoms with E-state index in [9.17, 15) is 18.4 Å². The van der Waals surface area contributed by atoms with Crippen molar-refractivity contribution < 1.29 is 28.2 Å². The molecule has 1 N–H and O–H groups in total. The highest BCUT2D eigenvalue weighted by molar-refractivity contribution is 5.81. The van der Waals surface area contributed by atoms with Crippen LogP contribution in [0.1, 0.15) is 6.42 Å². The van der Waals surface area contributed by atoms with Crippen molar-refractivity contribution >= 4 is 12.1 Å². The van der Waals surface area contributed by atoms with E-state index >= 15 is 0 Å². The minimum absolute atomic E-state index is 0.146. The van der Waals surface area contributed by atoms with Gasteiger partial charge in [-0.1, -0.05) is 12.7 Å². The predicted molar refractivity (Wildman–Crippen MR) is 49.2 cm³/mol. The number of alkyl halides is 2. The van der Waals surface area contributed by atoms with Crippen LogP contribution in [-0.4, -0.2) is 47.2 Å². The van der Waals surface area contributed by atoms with Gasteiger partial charge in [-0.2, -0.15) is 0 Å². The van der Waals surface area contributed by atoms with Crippen LogP contribution in [-0.2, 0) is 9.53 Å². The quantitative estimate of drug-likeness (QED) is 0.744. The minimum atomic E-state index is -3.18. The number of amides is 1. The molecule has 0 aliphatic carbocycles. The molecule has 0 spiro atoms. The number of aliphatic carboxylic acids is 1. The largest absolute Gasteiger partial charge is 0.480 e. The van der Waals surface area contributed by atoms with E-state index < -0.39 is 37.0 Å². The van der Waals surface area contributed by atoms with E-state index in [4.69, 9.17) is 5.11 Å². The topological polar surface area (TPSA) is 66.8 Å². The lowest BCUT2D eigenvalue weighted by Crippen LogP contribution is -2.41. The molecule has 0 aromatic carbocycles. The first-order chi connectivity index (χ1) is 7.37. The van der Waals surface area contributed by atoms with Crippen LogP contribution in [0.5, 0.6) is 0 Å². The van der Waals surface area contributed by atoms with Crippen molar-refractivity contribution in [1.82, 2.24) is 4.90 Å². The molecule has 1 rings (SSSR count). The van der Waals surface area contributed by atoms with Crippen molar-refractivity contribution in [2.24, 2.45) is 0 Å². The monoisotopic (exact) mass is 235 g/mol. The Balaban J connectivity index is 2.73. The second-order valence-corrected chi connectivity index (χ2v) is 3.41. The second-order valence-electron chi connectivity index (χ2n) is 3.41. The fourth-order valence-electron chi connectivity index (χ4n) is 1.44. The van der Waals surface area contributed by atoms with Gasteiger partial charge in [0.2, 0.25) is 0 Å². The molecule has 1 saturated heterocycles. The van der Waals surface area contributed by atoms with Crippen LogP contribution in [0.25, 0.3) is 0 Å². The number of halogens is 2. The summed E-state index contributed by atoms with van der Waals surface area (Å²) in [6.45, 7) is 2.21. The van der Waals surface area contributed by atoms with Gasteiger partial charge in [0.15, 0.2) is 0 Å². The summed E-state index contributed by atoms with van der Waals surface area (Å²) in [4.78, 5) is 22.5. The van der Waals surface area contributed by atoms with Crippen LogP contribution in [0.4, 0.5) is 13.6 Å². The minimum Gasteiger partial charge on any atom is -0.480 e. The second kappa shape index (κ2) is 4.46. The molecular formula is C9H11F2NO4. The van der Waals surface area contributed by atoms with Gasteiger partial charge >= 0.3 is 12.1 Å². The Morgan fingerprint density at radius 3 is 2.75 bits per heavy atom. The van der Waals surface area contributed by atoms with E-state index in [1.165, 1.54) is 6.08 Å². The Morgan fingerprint density at radius 2 is 2.25 bits per heavy atom. The van der Waals surface area contributed by atoms with E-state index in [0.29, 0.717) is 4.90 Å². The van der Waals surface area contributed by atoms with E-state index in [1.54, 1.807) is 0 Å². The highest BCUT2D eigenvalue weighted by Gasteiger charge is 2.50. The lowest BCUT2D eigenvalue weighted by Gasteiger charge is -2.19. The first-order valence-electron chi connectivity index (χ1n) is 4.52. The number of carbonyl (C=O) groups is 2. The summed E-state index contributed by atoms with van der Waals surface area (Å²) in [6.07, 6.45) is -0.683. The van der Waals surface area contributed by atoms with E-state index in [-0.39, 0.29) is 6.61 Å². The van der Waals surface area contributed by atoms with Crippen molar-refractivity contribution in [1.29, 1.82) is 0 Å². The number of carboxylic acid groups (broad SMARTS) is 1. The van der Waals surface area contributed by atoms with E-state index in [0.717, 1.165) is 0 Å². The van der Waals surface area contributed by atoms with Crippen LogP contribution in [0.15, 0.2) is 12.7 Å². The molecule has 1 fully saturated rings. The summed E-state index contributed by atoms with van der Waals surface area (Å²) >= 11 is 0. The normalized spacial score (nSPS) is 22.9. The molecule has 1 aliphatic heterocycles. The van der Waals surface area contributed by atoms with Gasteiger partial charge in [-0.3, -0.25) is 4.90 Å². The smallest absolute Gasteiger partial charge is 0.411 e. The number of carbonyl (C=O) groups excluding carboxylic acids is 1. The van der Waals surface area contributed by atoms with Crippen molar-refractivity contribution in [2.75, 3.05) is 13.2 Å². The SMILES string of the molecule is C=CCOC(=O)N1CC(F)(F)C[C@@H]1C(=O)O. The highest BCUT2D eigenvalue weighted by Crippen LogP contribution is 2.32. The third kappa shape index (κ3) is 2.68. The first-order valence-corrected chi connectivity index (χ1v) is 4.52. The Labute approximate surface area is 90.3 Å². The maximum Gasteiger partial charge on any atom is 0.411 e. The molecule has 90 valence electrons. The van der Waals surface area contributed by atoms with Gasteiger partial charge in [0.1, 0.15) is 12.6 Å². The van der Waals surface area contributed by atoms with E-state index in [1.807, 2.05) is 0 Å². The van der Waals surface area contributed by atoms with Crippen LogP contribution in [0, 0.1) is 0 Å². The van der Waals surface area contributed by atoms with Crippen LogP contribution >= 0.6 is 0 Å². The zero-order valence-corrected chi connectivity index (χ0v) is 8.36. The van der Waals surface area contributed by atoms with Gasteiger partial charge in [-0.25, -0.2) is 18.4 Å². The number of rotatable bonds is 3. The summed E-state index contributed by atoms with van der Waals surface area (Å²) in [7, 11) is 0. The molecule has 0 radical (unpaired) electrons. The van der Waals surface area contributed by atoms with E-state index in [2.05, 4.69) is 11.3 Å². The lowest BCUT2D eigenvalue weighted by atomic mass is 10.2. The third-order valence-electron chi connectivity index (χ3n) is 2.11. The summed E-state index contributed by atoms with van der Waals surface area (Å²) in [5.74, 6) is -4.65. The maximum atomic E-state index is 13.0. The molecule has 0 aromatic rings. The number of hydrogen-bond acceptors (Lipinski definition) is 3. The molecule has 7 heteroatoms. The molecule has 1 heterocycles. The van der Waals surface area contributed by atoms with Gasteiger partial charge in [0.05, 0.1) is 6.54 Å². The molecule has 1 atom stereocenters. The van der Waals surface area contributed by atoms with Gasteiger partial charge in [-0.15, -0.1) is 0 Å². The molecule has 0 aromatic heterocycles. The number of ether oxygens (including phenoxy) is 1. The van der Waals surface area contributed by atoms with Crippen LogP contribution < -0.4 is 0 Å². The third-order valence-corrected chi connectivity index (χ3v) is 2.11. The molecule has 16 heavy (non-hydrogen) atoms. The molecular weight excluding hydrogens is 224 g/mol.